The van der Waals surface area contributed by atoms with Crippen LogP contribution in [0.3, 0.4) is 0 Å². The van der Waals surface area contributed by atoms with Crippen LogP contribution in [0.25, 0.3) is 11.0 Å². The van der Waals surface area contributed by atoms with Gasteiger partial charge in [0.1, 0.15) is 12.4 Å². The van der Waals surface area contributed by atoms with Gasteiger partial charge in [-0.3, -0.25) is 4.79 Å². The molecule has 1 atom stereocenters. The van der Waals surface area contributed by atoms with E-state index in [1.165, 1.54) is 5.56 Å². The molecule has 5 heteroatoms. The van der Waals surface area contributed by atoms with Crippen molar-refractivity contribution in [3.63, 3.8) is 0 Å². The van der Waals surface area contributed by atoms with E-state index in [-0.39, 0.29) is 17.9 Å². The molecule has 110 valence electrons. The van der Waals surface area contributed by atoms with E-state index in [2.05, 4.69) is 40.0 Å². The van der Waals surface area contributed by atoms with Gasteiger partial charge in [0.2, 0.25) is 5.91 Å². The van der Waals surface area contributed by atoms with E-state index in [4.69, 9.17) is 4.74 Å². The summed E-state index contributed by atoms with van der Waals surface area (Å²) >= 11 is 0. The van der Waals surface area contributed by atoms with Crippen molar-refractivity contribution < 1.29 is 9.53 Å². The van der Waals surface area contributed by atoms with Crippen LogP contribution in [0.2, 0.25) is 0 Å². The highest BCUT2D eigenvalue weighted by atomic mass is 16.5. The number of fused-ring (bicyclic) bond motifs is 3. The number of ether oxygens (including phenoxy) is 1. The predicted octanol–water partition coefficient (Wildman–Crippen LogP) is 1.94. The van der Waals surface area contributed by atoms with Gasteiger partial charge in [-0.1, -0.05) is 6.07 Å². The van der Waals surface area contributed by atoms with E-state index in [0.717, 1.165) is 29.7 Å². The monoisotopic (exact) mass is 285 g/mol. The van der Waals surface area contributed by atoms with Crippen LogP contribution < -0.4 is 5.32 Å². The lowest BCUT2D eigenvalue weighted by molar-refractivity contribution is -0.122. The summed E-state index contributed by atoms with van der Waals surface area (Å²) in [6.07, 6.45) is 2.07. The molecule has 5 nitrogen and oxygen atoms in total. The number of nitrogens with zero attached hydrogens (tertiary/aromatic N) is 2. The van der Waals surface area contributed by atoms with Gasteiger partial charge >= 0.3 is 0 Å². The van der Waals surface area contributed by atoms with E-state index in [1.54, 1.807) is 0 Å². The molecular formula is C16H19N3O2. The summed E-state index contributed by atoms with van der Waals surface area (Å²) in [5, 5.41) is 3.06. The lowest BCUT2D eigenvalue weighted by Gasteiger charge is -2.26. The number of hydrogen-bond acceptors (Lipinski definition) is 3. The molecule has 0 bridgehead atoms. The van der Waals surface area contributed by atoms with E-state index >= 15 is 0 Å². The molecule has 0 saturated heterocycles. The third kappa shape index (κ3) is 2.31. The maximum absolute atomic E-state index is 11.8. The van der Waals surface area contributed by atoms with Crippen LogP contribution in [0.5, 0.6) is 0 Å². The maximum Gasteiger partial charge on any atom is 0.223 e. The van der Waals surface area contributed by atoms with Crippen molar-refractivity contribution in [2.75, 3.05) is 13.2 Å². The number of aryl methyl sites for hydroxylation is 1. The number of carbonyl (C=O) groups excluding carboxylic acids is 1. The van der Waals surface area contributed by atoms with Crippen molar-refractivity contribution in [3.05, 3.63) is 29.6 Å². The van der Waals surface area contributed by atoms with Gasteiger partial charge in [-0.2, -0.15) is 0 Å². The summed E-state index contributed by atoms with van der Waals surface area (Å²) in [4.78, 5) is 16.5. The first-order chi connectivity index (χ1) is 10.2. The highest BCUT2D eigenvalue weighted by Crippen LogP contribution is 2.30. The first-order valence-corrected chi connectivity index (χ1v) is 7.55. The summed E-state index contributed by atoms with van der Waals surface area (Å²) in [6, 6.07) is 6.41. The Hall–Kier alpha value is -1.88. The number of benzene rings is 1. The average Bonchev–Trinajstić information content (AvgIpc) is 3.26. The Kier molecular flexibility index (Phi) is 2.96. The summed E-state index contributed by atoms with van der Waals surface area (Å²) in [5.41, 5.74) is 3.36. The average molecular weight is 285 g/mol. The fourth-order valence-corrected chi connectivity index (χ4v) is 2.98. The van der Waals surface area contributed by atoms with Crippen LogP contribution in [0.4, 0.5) is 0 Å². The molecule has 1 aromatic heterocycles. The van der Waals surface area contributed by atoms with E-state index < -0.39 is 0 Å². The Balaban J connectivity index is 1.64. The predicted molar refractivity (Wildman–Crippen MR) is 78.9 cm³/mol. The van der Waals surface area contributed by atoms with Crippen molar-refractivity contribution in [1.29, 1.82) is 0 Å². The molecule has 4 rings (SSSR count). The molecule has 2 aromatic rings. The summed E-state index contributed by atoms with van der Waals surface area (Å²) in [6.45, 7) is 3.86. The highest BCUT2D eigenvalue weighted by Gasteiger charge is 2.31. The van der Waals surface area contributed by atoms with Crippen LogP contribution >= 0.6 is 0 Å². The molecule has 2 aliphatic rings. The van der Waals surface area contributed by atoms with Gasteiger partial charge in [-0.05, 0) is 37.5 Å². The molecule has 0 spiro atoms. The number of amides is 1. The molecule has 1 aliphatic carbocycles. The van der Waals surface area contributed by atoms with Gasteiger partial charge in [0.05, 0.1) is 23.7 Å². The molecule has 1 saturated carbocycles. The van der Waals surface area contributed by atoms with Crippen LogP contribution in [0.15, 0.2) is 18.2 Å². The number of aromatic nitrogens is 2. The van der Waals surface area contributed by atoms with Crippen LogP contribution in [0.1, 0.15) is 30.3 Å². The second kappa shape index (κ2) is 4.84. The van der Waals surface area contributed by atoms with Crippen LogP contribution in [-0.2, 0) is 16.1 Å². The lowest BCUT2D eigenvalue weighted by Crippen LogP contribution is -2.36. The van der Waals surface area contributed by atoms with Crippen molar-refractivity contribution in [1.82, 2.24) is 14.9 Å². The van der Waals surface area contributed by atoms with Crippen molar-refractivity contribution in [2.24, 2.45) is 5.92 Å². The fraction of sp³-hybridized carbons (Fsp3) is 0.500. The van der Waals surface area contributed by atoms with Crippen molar-refractivity contribution in [2.45, 2.75) is 32.4 Å². The largest absolute Gasteiger partial charge is 0.371 e. The fourth-order valence-electron chi connectivity index (χ4n) is 2.98. The molecule has 0 unspecified atom stereocenters. The molecule has 1 N–H and O–H groups in total. The first kappa shape index (κ1) is 12.8. The van der Waals surface area contributed by atoms with Crippen LogP contribution in [0, 0.1) is 12.8 Å². The Morgan fingerprint density at radius 1 is 1.48 bits per heavy atom. The standard InChI is InChI=1S/C16H19N3O2/c1-10-2-5-13-14(6-10)19-12(8-21-9-15(19)18-13)7-17-16(20)11-3-4-11/h2,5-6,11-12H,3-4,7-9H2,1H3,(H,17,20)/t12-/m0/s1. The van der Waals surface area contributed by atoms with Gasteiger partial charge in [0.15, 0.2) is 0 Å². The normalized spacial score (nSPS) is 21.3. The molecule has 0 radical (unpaired) electrons. The molecule has 1 amide bonds. The molecular weight excluding hydrogens is 266 g/mol. The van der Waals surface area contributed by atoms with Gasteiger partial charge < -0.3 is 14.6 Å². The van der Waals surface area contributed by atoms with E-state index in [1.807, 2.05) is 0 Å². The van der Waals surface area contributed by atoms with Gasteiger partial charge in [0.25, 0.3) is 0 Å². The number of hydrogen-bond donors (Lipinski definition) is 1. The summed E-state index contributed by atoms with van der Waals surface area (Å²) in [7, 11) is 0. The Morgan fingerprint density at radius 3 is 3.14 bits per heavy atom. The number of carbonyl (C=O) groups is 1. The Labute approximate surface area is 123 Å². The zero-order valence-corrected chi connectivity index (χ0v) is 12.1. The van der Waals surface area contributed by atoms with Gasteiger partial charge in [-0.15, -0.1) is 0 Å². The van der Waals surface area contributed by atoms with Gasteiger partial charge in [-0.25, -0.2) is 4.98 Å². The lowest BCUT2D eigenvalue weighted by atomic mass is 10.2. The van der Waals surface area contributed by atoms with Gasteiger partial charge in [0, 0.05) is 12.5 Å². The minimum Gasteiger partial charge on any atom is -0.371 e. The molecule has 21 heavy (non-hydrogen) atoms. The third-order valence-electron chi connectivity index (χ3n) is 4.28. The molecule has 1 aromatic carbocycles. The second-order valence-corrected chi connectivity index (χ2v) is 6.08. The Bertz CT molecular complexity index is 703. The zero-order chi connectivity index (χ0) is 14.4. The smallest absolute Gasteiger partial charge is 0.223 e. The number of imidazole rings is 1. The molecule has 2 heterocycles. The van der Waals surface area contributed by atoms with E-state index in [0.29, 0.717) is 19.8 Å². The summed E-state index contributed by atoms with van der Waals surface area (Å²) in [5.74, 6) is 1.38. The SMILES string of the molecule is Cc1ccc2nc3n(c2c1)[C@@H](CNC(=O)C1CC1)COC3. The maximum atomic E-state index is 11.8. The topological polar surface area (TPSA) is 56.2 Å². The Morgan fingerprint density at radius 2 is 2.33 bits per heavy atom. The zero-order valence-electron chi connectivity index (χ0n) is 12.1. The van der Waals surface area contributed by atoms with E-state index in [9.17, 15) is 4.79 Å². The third-order valence-corrected chi connectivity index (χ3v) is 4.28. The minimum absolute atomic E-state index is 0.128. The quantitative estimate of drug-likeness (QED) is 0.937. The first-order valence-electron chi connectivity index (χ1n) is 7.55. The van der Waals surface area contributed by atoms with Crippen LogP contribution in [-0.4, -0.2) is 28.6 Å². The number of rotatable bonds is 3. The van der Waals surface area contributed by atoms with Crippen molar-refractivity contribution in [3.8, 4) is 0 Å². The molecule has 1 fully saturated rings. The minimum atomic E-state index is 0.128. The number of nitrogens with one attached hydrogen (secondary N) is 1. The summed E-state index contributed by atoms with van der Waals surface area (Å²) < 4.78 is 7.88. The molecule has 1 aliphatic heterocycles. The second-order valence-electron chi connectivity index (χ2n) is 6.08. The van der Waals surface area contributed by atoms with Crippen molar-refractivity contribution >= 4 is 16.9 Å². The highest BCUT2D eigenvalue weighted by molar-refractivity contribution is 5.81.